The Kier molecular flexibility index (Phi) is 4.42. The van der Waals surface area contributed by atoms with Gasteiger partial charge in [-0.1, -0.05) is 13.3 Å². The van der Waals surface area contributed by atoms with Crippen LogP contribution in [0.2, 0.25) is 0 Å². The van der Waals surface area contributed by atoms with Crippen molar-refractivity contribution in [3.63, 3.8) is 0 Å². The zero-order valence-corrected chi connectivity index (χ0v) is 10.9. The van der Waals surface area contributed by atoms with E-state index in [-0.39, 0.29) is 0 Å². The third-order valence-corrected chi connectivity index (χ3v) is 3.12. The minimum atomic E-state index is 0.720. The number of nitrogens with zero attached hydrogens (tertiary/aromatic N) is 2. The van der Waals surface area contributed by atoms with Gasteiger partial charge in [-0.25, -0.2) is 0 Å². The first-order valence-corrected chi connectivity index (χ1v) is 6.76. The molecule has 0 unspecified atom stereocenters. The molecule has 1 aliphatic rings. The third kappa shape index (κ3) is 3.73. The molecule has 0 amide bonds. The van der Waals surface area contributed by atoms with Gasteiger partial charge in [0.2, 0.25) is 0 Å². The summed E-state index contributed by atoms with van der Waals surface area (Å²) in [4.78, 5) is 6.73. The molecule has 1 saturated carbocycles. The van der Waals surface area contributed by atoms with Crippen LogP contribution < -0.4 is 10.2 Å². The van der Waals surface area contributed by atoms with Gasteiger partial charge in [-0.3, -0.25) is 0 Å². The molecule has 17 heavy (non-hydrogen) atoms. The molecule has 1 heterocycles. The Bertz CT molecular complexity index is 333. The Morgan fingerprint density at radius 1 is 1.47 bits per heavy atom. The van der Waals surface area contributed by atoms with Crippen LogP contribution in [0.25, 0.3) is 0 Å². The number of oxazole rings is 1. The number of hydrogen-bond acceptors (Lipinski definition) is 4. The number of anilines is 1. The molecule has 0 atom stereocenters. The van der Waals surface area contributed by atoms with E-state index in [0.717, 1.165) is 37.4 Å². The highest BCUT2D eigenvalue weighted by Crippen LogP contribution is 2.20. The zero-order chi connectivity index (χ0) is 12.1. The molecule has 1 N–H and O–H groups in total. The SMILES string of the molecule is CCCCN(CC)c1nc(CNC2CC2)co1. The maximum Gasteiger partial charge on any atom is 0.297 e. The number of nitrogens with one attached hydrogen (secondary N) is 1. The number of hydrogen-bond donors (Lipinski definition) is 1. The summed E-state index contributed by atoms with van der Waals surface area (Å²) in [6.45, 7) is 7.16. The minimum Gasteiger partial charge on any atom is -0.432 e. The summed E-state index contributed by atoms with van der Waals surface area (Å²) in [5.41, 5.74) is 1.02. The van der Waals surface area contributed by atoms with Gasteiger partial charge in [0.25, 0.3) is 6.01 Å². The number of rotatable bonds is 8. The van der Waals surface area contributed by atoms with Crippen LogP contribution in [-0.2, 0) is 6.54 Å². The van der Waals surface area contributed by atoms with Gasteiger partial charge in [0.15, 0.2) is 0 Å². The molecular formula is C13H23N3O. The smallest absolute Gasteiger partial charge is 0.297 e. The Morgan fingerprint density at radius 2 is 2.29 bits per heavy atom. The van der Waals surface area contributed by atoms with Crippen molar-refractivity contribution in [3.05, 3.63) is 12.0 Å². The van der Waals surface area contributed by atoms with Gasteiger partial charge < -0.3 is 14.6 Å². The van der Waals surface area contributed by atoms with E-state index in [2.05, 4.69) is 29.0 Å². The normalized spacial score (nSPS) is 15.2. The summed E-state index contributed by atoms with van der Waals surface area (Å²) in [5.74, 6) is 0. The standard InChI is InChI=1S/C13H23N3O/c1-3-5-8-16(4-2)13-15-12(10-17-13)9-14-11-6-7-11/h10-11,14H,3-9H2,1-2H3. The van der Waals surface area contributed by atoms with E-state index in [1.807, 2.05) is 0 Å². The van der Waals surface area contributed by atoms with Crippen molar-refractivity contribution in [1.82, 2.24) is 10.3 Å². The summed E-state index contributed by atoms with van der Waals surface area (Å²) in [6.07, 6.45) is 6.78. The van der Waals surface area contributed by atoms with E-state index in [1.165, 1.54) is 25.7 Å². The Labute approximate surface area is 103 Å². The molecule has 0 aromatic carbocycles. The van der Waals surface area contributed by atoms with Crippen LogP contribution in [-0.4, -0.2) is 24.1 Å². The Balaban J connectivity index is 1.85. The molecule has 4 nitrogen and oxygen atoms in total. The molecule has 1 aliphatic carbocycles. The van der Waals surface area contributed by atoms with Crippen LogP contribution in [0.4, 0.5) is 6.01 Å². The quantitative estimate of drug-likeness (QED) is 0.754. The van der Waals surface area contributed by atoms with Crippen molar-refractivity contribution in [2.75, 3.05) is 18.0 Å². The monoisotopic (exact) mass is 237 g/mol. The molecule has 1 fully saturated rings. The predicted molar refractivity (Wildman–Crippen MR) is 69.2 cm³/mol. The molecular weight excluding hydrogens is 214 g/mol. The predicted octanol–water partition coefficient (Wildman–Crippen LogP) is 2.55. The third-order valence-electron chi connectivity index (χ3n) is 3.12. The first-order chi connectivity index (χ1) is 8.33. The highest BCUT2D eigenvalue weighted by Gasteiger charge is 2.20. The van der Waals surface area contributed by atoms with Gasteiger partial charge in [-0.15, -0.1) is 0 Å². The second-order valence-electron chi connectivity index (χ2n) is 4.71. The van der Waals surface area contributed by atoms with Crippen molar-refractivity contribution < 1.29 is 4.42 Å². The zero-order valence-electron chi connectivity index (χ0n) is 10.9. The molecule has 1 aromatic heterocycles. The maximum absolute atomic E-state index is 5.54. The van der Waals surface area contributed by atoms with E-state index in [1.54, 1.807) is 6.26 Å². The maximum atomic E-state index is 5.54. The Hall–Kier alpha value is -1.03. The first kappa shape index (κ1) is 12.4. The second-order valence-corrected chi connectivity index (χ2v) is 4.71. The van der Waals surface area contributed by atoms with E-state index >= 15 is 0 Å². The van der Waals surface area contributed by atoms with E-state index in [9.17, 15) is 0 Å². The van der Waals surface area contributed by atoms with Crippen molar-refractivity contribution in [2.24, 2.45) is 0 Å². The molecule has 0 bridgehead atoms. The lowest BCUT2D eigenvalue weighted by Crippen LogP contribution is -2.24. The van der Waals surface area contributed by atoms with Crippen LogP contribution in [0.3, 0.4) is 0 Å². The average molecular weight is 237 g/mol. The van der Waals surface area contributed by atoms with Crippen LogP contribution in [0, 0.1) is 0 Å². The molecule has 0 saturated heterocycles. The molecule has 0 aliphatic heterocycles. The highest BCUT2D eigenvalue weighted by atomic mass is 16.4. The fraction of sp³-hybridized carbons (Fsp3) is 0.769. The van der Waals surface area contributed by atoms with Crippen LogP contribution in [0.5, 0.6) is 0 Å². The van der Waals surface area contributed by atoms with E-state index < -0.39 is 0 Å². The fourth-order valence-corrected chi connectivity index (χ4v) is 1.80. The summed E-state index contributed by atoms with van der Waals surface area (Å²) >= 11 is 0. The van der Waals surface area contributed by atoms with Crippen molar-refractivity contribution >= 4 is 6.01 Å². The van der Waals surface area contributed by atoms with Gasteiger partial charge in [0, 0.05) is 25.7 Å². The van der Waals surface area contributed by atoms with E-state index in [0.29, 0.717) is 0 Å². The van der Waals surface area contributed by atoms with Crippen molar-refractivity contribution in [1.29, 1.82) is 0 Å². The van der Waals surface area contributed by atoms with Crippen molar-refractivity contribution in [3.8, 4) is 0 Å². The second kappa shape index (κ2) is 6.05. The lowest BCUT2D eigenvalue weighted by molar-refractivity contribution is 0.530. The minimum absolute atomic E-state index is 0.720. The summed E-state index contributed by atoms with van der Waals surface area (Å²) in [7, 11) is 0. The molecule has 0 spiro atoms. The van der Waals surface area contributed by atoms with Crippen LogP contribution in [0.15, 0.2) is 10.7 Å². The molecule has 96 valence electrons. The first-order valence-electron chi connectivity index (χ1n) is 6.76. The van der Waals surface area contributed by atoms with Gasteiger partial charge in [-0.2, -0.15) is 4.98 Å². The van der Waals surface area contributed by atoms with Crippen LogP contribution >= 0.6 is 0 Å². The van der Waals surface area contributed by atoms with Gasteiger partial charge in [-0.05, 0) is 26.2 Å². The van der Waals surface area contributed by atoms with Crippen LogP contribution in [0.1, 0.15) is 45.2 Å². The molecule has 4 heteroatoms. The highest BCUT2D eigenvalue weighted by molar-refractivity contribution is 5.26. The number of unbranched alkanes of at least 4 members (excludes halogenated alkanes) is 1. The number of aromatic nitrogens is 1. The molecule has 0 radical (unpaired) electrons. The lowest BCUT2D eigenvalue weighted by atomic mass is 10.3. The van der Waals surface area contributed by atoms with Gasteiger partial charge in [0.1, 0.15) is 6.26 Å². The van der Waals surface area contributed by atoms with Gasteiger partial charge >= 0.3 is 0 Å². The summed E-state index contributed by atoms with van der Waals surface area (Å²) in [6, 6.07) is 1.49. The fourth-order valence-electron chi connectivity index (χ4n) is 1.80. The molecule has 2 rings (SSSR count). The van der Waals surface area contributed by atoms with Gasteiger partial charge in [0.05, 0.1) is 5.69 Å². The summed E-state index contributed by atoms with van der Waals surface area (Å²) in [5, 5.41) is 3.45. The summed E-state index contributed by atoms with van der Waals surface area (Å²) < 4.78 is 5.54. The molecule has 1 aromatic rings. The average Bonchev–Trinajstić information content (AvgIpc) is 3.07. The van der Waals surface area contributed by atoms with E-state index in [4.69, 9.17) is 4.42 Å². The van der Waals surface area contributed by atoms with Crippen molar-refractivity contribution in [2.45, 2.75) is 52.1 Å². The Morgan fingerprint density at radius 3 is 2.94 bits per heavy atom. The largest absolute Gasteiger partial charge is 0.432 e. The topological polar surface area (TPSA) is 41.3 Å². The lowest BCUT2D eigenvalue weighted by Gasteiger charge is -2.17.